The Hall–Kier alpha value is -3.42. The minimum Gasteiger partial charge on any atom is -0.446 e. The first-order chi connectivity index (χ1) is 11.5. The molecule has 1 aromatic carbocycles. The Labute approximate surface area is 137 Å². The maximum absolute atomic E-state index is 12.0. The van der Waals surface area contributed by atoms with Gasteiger partial charge in [-0.1, -0.05) is 24.8 Å². The van der Waals surface area contributed by atoms with Gasteiger partial charge >= 0.3 is 0 Å². The molecule has 1 heterocycles. The van der Waals surface area contributed by atoms with Gasteiger partial charge < -0.3 is 20.8 Å². The van der Waals surface area contributed by atoms with Gasteiger partial charge in [0, 0.05) is 5.69 Å². The van der Waals surface area contributed by atoms with E-state index in [1.165, 1.54) is 0 Å². The van der Waals surface area contributed by atoms with Crippen molar-refractivity contribution in [1.82, 2.24) is 10.3 Å². The molecule has 0 saturated heterocycles. The van der Waals surface area contributed by atoms with Gasteiger partial charge in [0.15, 0.2) is 5.69 Å². The third kappa shape index (κ3) is 4.54. The lowest BCUT2D eigenvalue weighted by atomic mass is 10.1. The molecule has 0 aliphatic carbocycles. The number of hydrogen-bond donors (Lipinski definition) is 3. The first-order valence-electron chi connectivity index (χ1n) is 7.02. The number of primary amides is 1. The number of para-hydroxylation sites is 1. The van der Waals surface area contributed by atoms with Crippen molar-refractivity contribution in [2.75, 3.05) is 5.32 Å². The number of hydrogen-bond acceptors (Lipinski definition) is 5. The van der Waals surface area contributed by atoms with E-state index in [0.717, 1.165) is 12.3 Å². The lowest BCUT2D eigenvalue weighted by molar-refractivity contribution is -0.120. The Bertz CT molecular complexity index is 782. The minimum absolute atomic E-state index is 0.00303. The number of nitrogens with two attached hydrogens (primary N) is 1. The summed E-state index contributed by atoms with van der Waals surface area (Å²) in [4.78, 5) is 38.2. The molecular formula is C16H16N4O4. The van der Waals surface area contributed by atoms with Gasteiger partial charge in [0.05, 0.1) is 13.0 Å². The fourth-order valence-electron chi connectivity index (χ4n) is 1.90. The van der Waals surface area contributed by atoms with E-state index in [4.69, 9.17) is 10.2 Å². The van der Waals surface area contributed by atoms with E-state index in [2.05, 4.69) is 22.2 Å². The number of anilines is 1. The van der Waals surface area contributed by atoms with E-state index in [1.807, 2.05) is 0 Å². The van der Waals surface area contributed by atoms with E-state index >= 15 is 0 Å². The average Bonchev–Trinajstić information content (AvgIpc) is 3.04. The van der Waals surface area contributed by atoms with Crippen LogP contribution in [0.3, 0.4) is 0 Å². The van der Waals surface area contributed by atoms with E-state index in [0.29, 0.717) is 11.3 Å². The summed E-state index contributed by atoms with van der Waals surface area (Å²) >= 11 is 0. The Balaban J connectivity index is 1.95. The first kappa shape index (κ1) is 16.9. The highest BCUT2D eigenvalue weighted by Gasteiger charge is 2.12. The van der Waals surface area contributed by atoms with Crippen molar-refractivity contribution in [3.8, 4) is 0 Å². The smallest absolute Gasteiger partial charge is 0.270 e. The molecule has 8 nitrogen and oxygen atoms in total. The van der Waals surface area contributed by atoms with Gasteiger partial charge in [-0.2, -0.15) is 0 Å². The third-order valence-electron chi connectivity index (χ3n) is 3.05. The summed E-state index contributed by atoms with van der Waals surface area (Å²) in [6.45, 7) is 3.40. The van der Waals surface area contributed by atoms with Crippen LogP contribution in [0.2, 0.25) is 0 Å². The maximum Gasteiger partial charge on any atom is 0.270 e. The zero-order chi connectivity index (χ0) is 17.5. The predicted molar refractivity (Wildman–Crippen MR) is 85.8 cm³/mol. The fraction of sp³-hybridized carbons (Fsp3) is 0.125. The molecule has 1 aromatic heterocycles. The molecule has 0 radical (unpaired) electrons. The highest BCUT2D eigenvalue weighted by atomic mass is 16.3. The van der Waals surface area contributed by atoms with Gasteiger partial charge in [0.25, 0.3) is 5.91 Å². The van der Waals surface area contributed by atoms with Crippen molar-refractivity contribution in [3.05, 3.63) is 60.3 Å². The molecule has 0 saturated carbocycles. The van der Waals surface area contributed by atoms with E-state index in [-0.39, 0.29) is 36.4 Å². The van der Waals surface area contributed by atoms with Crippen molar-refractivity contribution in [3.63, 3.8) is 0 Å². The van der Waals surface area contributed by atoms with Crippen LogP contribution in [0, 0.1) is 0 Å². The topological polar surface area (TPSA) is 127 Å². The SMILES string of the molecule is C=CC(=O)Nc1ccccc1CC(=O)NCc1nc(C(N)=O)co1. The Morgan fingerprint density at radius 3 is 2.71 bits per heavy atom. The molecular weight excluding hydrogens is 312 g/mol. The summed E-state index contributed by atoms with van der Waals surface area (Å²) in [6.07, 6.45) is 2.33. The zero-order valence-electron chi connectivity index (χ0n) is 12.7. The van der Waals surface area contributed by atoms with E-state index in [1.54, 1.807) is 24.3 Å². The number of rotatable bonds is 7. The van der Waals surface area contributed by atoms with Gasteiger partial charge in [0.2, 0.25) is 17.7 Å². The van der Waals surface area contributed by atoms with Crippen LogP contribution in [0.5, 0.6) is 0 Å². The molecule has 0 unspecified atom stereocenters. The standard InChI is InChI=1S/C16H16N4O4/c1-2-13(21)19-11-6-4-3-5-10(11)7-14(22)18-8-15-20-12(9-24-15)16(17)23/h2-6,9H,1,7-8H2,(H2,17,23)(H,18,22)(H,19,21). The number of aromatic nitrogens is 1. The number of carbonyl (C=O) groups is 3. The third-order valence-corrected chi connectivity index (χ3v) is 3.05. The monoisotopic (exact) mass is 328 g/mol. The molecule has 0 fully saturated rings. The molecule has 24 heavy (non-hydrogen) atoms. The van der Waals surface area contributed by atoms with Gasteiger partial charge in [-0.05, 0) is 17.7 Å². The number of nitrogens with one attached hydrogen (secondary N) is 2. The normalized spacial score (nSPS) is 10.0. The molecule has 0 spiro atoms. The second-order valence-electron chi connectivity index (χ2n) is 4.79. The van der Waals surface area contributed by atoms with Gasteiger partial charge in [-0.15, -0.1) is 0 Å². The van der Waals surface area contributed by atoms with Gasteiger partial charge in [0.1, 0.15) is 6.26 Å². The van der Waals surface area contributed by atoms with Crippen LogP contribution < -0.4 is 16.4 Å². The number of carbonyl (C=O) groups excluding carboxylic acids is 3. The van der Waals surface area contributed by atoms with E-state index < -0.39 is 5.91 Å². The minimum atomic E-state index is -0.705. The molecule has 3 amide bonds. The Morgan fingerprint density at radius 2 is 2.04 bits per heavy atom. The van der Waals surface area contributed by atoms with E-state index in [9.17, 15) is 14.4 Å². The van der Waals surface area contributed by atoms with Crippen LogP contribution in [0.15, 0.2) is 47.6 Å². The van der Waals surface area contributed by atoms with Crippen LogP contribution in [0.25, 0.3) is 0 Å². The second-order valence-corrected chi connectivity index (χ2v) is 4.79. The Morgan fingerprint density at radius 1 is 1.29 bits per heavy atom. The molecule has 2 rings (SSSR count). The summed E-state index contributed by atoms with van der Waals surface area (Å²) < 4.78 is 5.02. The molecule has 4 N–H and O–H groups in total. The number of amides is 3. The molecule has 0 atom stereocenters. The summed E-state index contributed by atoms with van der Waals surface area (Å²) in [6, 6.07) is 6.93. The molecule has 0 aliphatic rings. The molecule has 0 bridgehead atoms. The van der Waals surface area contributed by atoms with Gasteiger partial charge in [-0.3, -0.25) is 14.4 Å². The van der Waals surface area contributed by atoms with Crippen LogP contribution in [-0.4, -0.2) is 22.7 Å². The van der Waals surface area contributed by atoms with Crippen molar-refractivity contribution in [2.45, 2.75) is 13.0 Å². The van der Waals surface area contributed by atoms with Crippen molar-refractivity contribution in [2.24, 2.45) is 5.73 Å². The van der Waals surface area contributed by atoms with Crippen molar-refractivity contribution >= 4 is 23.4 Å². The van der Waals surface area contributed by atoms with Crippen molar-refractivity contribution < 1.29 is 18.8 Å². The summed E-state index contributed by atoms with van der Waals surface area (Å²) in [7, 11) is 0. The highest BCUT2D eigenvalue weighted by molar-refractivity contribution is 5.99. The van der Waals surface area contributed by atoms with Crippen LogP contribution in [-0.2, 0) is 22.6 Å². The summed E-state index contributed by atoms with van der Waals surface area (Å²) in [5.74, 6) is -1.19. The number of oxazole rings is 1. The lowest BCUT2D eigenvalue weighted by Crippen LogP contribution is -2.25. The largest absolute Gasteiger partial charge is 0.446 e. The molecule has 0 aliphatic heterocycles. The number of nitrogens with zero attached hydrogens (tertiary/aromatic N) is 1. The highest BCUT2D eigenvalue weighted by Crippen LogP contribution is 2.15. The average molecular weight is 328 g/mol. The van der Waals surface area contributed by atoms with Gasteiger partial charge in [-0.25, -0.2) is 4.98 Å². The van der Waals surface area contributed by atoms with Crippen molar-refractivity contribution in [1.29, 1.82) is 0 Å². The van der Waals surface area contributed by atoms with Crippen LogP contribution >= 0.6 is 0 Å². The quantitative estimate of drug-likeness (QED) is 0.646. The molecule has 2 aromatic rings. The summed E-state index contributed by atoms with van der Waals surface area (Å²) in [5, 5.41) is 5.25. The summed E-state index contributed by atoms with van der Waals surface area (Å²) in [5.41, 5.74) is 6.24. The zero-order valence-corrected chi connectivity index (χ0v) is 12.7. The first-order valence-corrected chi connectivity index (χ1v) is 7.02. The maximum atomic E-state index is 12.0. The fourth-order valence-corrected chi connectivity index (χ4v) is 1.90. The molecule has 8 heteroatoms. The van der Waals surface area contributed by atoms with Crippen LogP contribution in [0.1, 0.15) is 21.9 Å². The number of benzene rings is 1. The Kier molecular flexibility index (Phi) is 5.45. The second kappa shape index (κ2) is 7.73. The molecule has 124 valence electrons. The predicted octanol–water partition coefficient (Wildman–Crippen LogP) is 0.757. The van der Waals surface area contributed by atoms with Crippen LogP contribution in [0.4, 0.5) is 5.69 Å². The lowest BCUT2D eigenvalue weighted by Gasteiger charge is -2.09.